The van der Waals surface area contributed by atoms with Crippen molar-refractivity contribution >= 4 is 34.9 Å². The molecule has 0 aliphatic rings. The van der Waals surface area contributed by atoms with Gasteiger partial charge in [-0.25, -0.2) is 4.98 Å². The third-order valence-electron chi connectivity index (χ3n) is 1.91. The van der Waals surface area contributed by atoms with E-state index in [1.165, 1.54) is 0 Å². The molecule has 0 saturated carbocycles. The molecule has 0 radical (unpaired) electrons. The van der Waals surface area contributed by atoms with E-state index >= 15 is 0 Å². The highest BCUT2D eigenvalue weighted by Crippen LogP contribution is 2.24. The third-order valence-corrected chi connectivity index (χ3v) is 2.68. The summed E-state index contributed by atoms with van der Waals surface area (Å²) < 4.78 is 0. The number of thioether (sulfide) groups is 1. The lowest BCUT2D eigenvalue weighted by Crippen LogP contribution is -2.22. The van der Waals surface area contributed by atoms with Gasteiger partial charge in [0.25, 0.3) is 0 Å². The Morgan fingerprint density at radius 3 is 2.94 bits per heavy atom. The number of anilines is 1. The van der Waals surface area contributed by atoms with E-state index in [0.717, 1.165) is 11.9 Å². The van der Waals surface area contributed by atoms with Gasteiger partial charge < -0.3 is 4.90 Å². The van der Waals surface area contributed by atoms with Gasteiger partial charge in [-0.05, 0) is 17.9 Å². The van der Waals surface area contributed by atoms with Gasteiger partial charge in [-0.15, -0.1) is 0 Å². The standard InChI is InChI=1S/C8H11ClN4O2S/c1-12(3-4-16-2)7-6(13(14)15)5-10-8(9)11-7/h5H,3-4H2,1-2H3. The molecule has 1 aromatic heterocycles. The molecule has 0 aromatic carbocycles. The van der Waals surface area contributed by atoms with Crippen LogP contribution in [0.5, 0.6) is 0 Å². The van der Waals surface area contributed by atoms with Crippen molar-refractivity contribution in [3.8, 4) is 0 Å². The molecular formula is C8H11ClN4O2S. The number of nitrogens with zero attached hydrogens (tertiary/aromatic N) is 4. The lowest BCUT2D eigenvalue weighted by Gasteiger charge is -2.16. The average Bonchev–Trinajstić information content (AvgIpc) is 2.25. The van der Waals surface area contributed by atoms with Crippen molar-refractivity contribution in [3.05, 3.63) is 21.6 Å². The molecule has 0 bridgehead atoms. The molecular weight excluding hydrogens is 252 g/mol. The summed E-state index contributed by atoms with van der Waals surface area (Å²) in [5, 5.41) is 10.8. The smallest absolute Gasteiger partial charge is 0.329 e. The van der Waals surface area contributed by atoms with Gasteiger partial charge in [0.2, 0.25) is 11.1 Å². The first-order valence-corrected chi connectivity index (χ1v) is 6.20. The Morgan fingerprint density at radius 2 is 2.38 bits per heavy atom. The molecule has 8 heteroatoms. The Hall–Kier alpha value is -1.08. The van der Waals surface area contributed by atoms with Crippen molar-refractivity contribution < 1.29 is 4.92 Å². The first kappa shape index (κ1) is 13.0. The Balaban J connectivity index is 2.99. The molecule has 0 aliphatic heterocycles. The Kier molecular flexibility index (Phi) is 4.75. The van der Waals surface area contributed by atoms with Gasteiger partial charge in [0, 0.05) is 19.3 Å². The van der Waals surface area contributed by atoms with Crippen LogP contribution in [0.1, 0.15) is 0 Å². The molecule has 0 aliphatic carbocycles. The van der Waals surface area contributed by atoms with Crippen LogP contribution in [0.4, 0.5) is 11.5 Å². The molecule has 0 spiro atoms. The molecule has 1 heterocycles. The number of hydrogen-bond acceptors (Lipinski definition) is 6. The predicted molar refractivity (Wildman–Crippen MR) is 65.3 cm³/mol. The van der Waals surface area contributed by atoms with E-state index < -0.39 is 4.92 Å². The number of aromatic nitrogens is 2. The number of rotatable bonds is 5. The van der Waals surface area contributed by atoms with E-state index in [0.29, 0.717) is 6.54 Å². The summed E-state index contributed by atoms with van der Waals surface area (Å²) in [7, 11) is 1.74. The molecule has 0 fully saturated rings. The topological polar surface area (TPSA) is 72.2 Å². The van der Waals surface area contributed by atoms with Crippen LogP contribution in [0, 0.1) is 10.1 Å². The summed E-state index contributed by atoms with van der Waals surface area (Å²) >= 11 is 7.28. The lowest BCUT2D eigenvalue weighted by atomic mass is 10.4. The van der Waals surface area contributed by atoms with Gasteiger partial charge in [-0.3, -0.25) is 10.1 Å². The zero-order chi connectivity index (χ0) is 12.1. The normalized spacial score (nSPS) is 10.2. The minimum absolute atomic E-state index is 0.0107. The molecule has 0 atom stereocenters. The zero-order valence-electron chi connectivity index (χ0n) is 8.88. The third kappa shape index (κ3) is 3.21. The van der Waals surface area contributed by atoms with Crippen molar-refractivity contribution in [1.29, 1.82) is 0 Å². The molecule has 0 unspecified atom stereocenters. The number of nitro groups is 1. The van der Waals surface area contributed by atoms with Crippen molar-refractivity contribution in [2.45, 2.75) is 0 Å². The molecule has 6 nitrogen and oxygen atoms in total. The summed E-state index contributed by atoms with van der Waals surface area (Å²) in [6, 6.07) is 0. The van der Waals surface area contributed by atoms with Gasteiger partial charge in [0.05, 0.1) is 4.92 Å². The maximum Gasteiger partial charge on any atom is 0.329 e. The van der Waals surface area contributed by atoms with Crippen LogP contribution in [0.25, 0.3) is 0 Å². The first-order valence-electron chi connectivity index (χ1n) is 4.43. The highest BCUT2D eigenvalue weighted by atomic mass is 35.5. The summed E-state index contributed by atoms with van der Waals surface area (Å²) in [6.07, 6.45) is 3.09. The van der Waals surface area contributed by atoms with Gasteiger partial charge in [-0.2, -0.15) is 16.7 Å². The first-order chi connectivity index (χ1) is 7.56. The van der Waals surface area contributed by atoms with Crippen molar-refractivity contribution in [1.82, 2.24) is 9.97 Å². The van der Waals surface area contributed by atoms with E-state index in [9.17, 15) is 10.1 Å². The molecule has 0 saturated heterocycles. The second kappa shape index (κ2) is 5.86. The largest absolute Gasteiger partial charge is 0.353 e. The second-order valence-corrected chi connectivity index (χ2v) is 4.34. The van der Waals surface area contributed by atoms with Crippen LogP contribution < -0.4 is 4.90 Å². The molecule has 1 aromatic rings. The quantitative estimate of drug-likeness (QED) is 0.458. The van der Waals surface area contributed by atoms with E-state index in [1.807, 2.05) is 6.26 Å². The summed E-state index contributed by atoms with van der Waals surface area (Å²) in [6.45, 7) is 0.662. The Bertz CT molecular complexity index is 390. The minimum atomic E-state index is -0.513. The highest BCUT2D eigenvalue weighted by Gasteiger charge is 2.19. The van der Waals surface area contributed by atoms with Crippen LogP contribution in [0.2, 0.25) is 5.28 Å². The lowest BCUT2D eigenvalue weighted by molar-refractivity contribution is -0.384. The van der Waals surface area contributed by atoms with Gasteiger partial charge in [0.1, 0.15) is 6.20 Å². The van der Waals surface area contributed by atoms with Crippen LogP contribution in [0.15, 0.2) is 6.20 Å². The number of halogens is 1. The second-order valence-electron chi connectivity index (χ2n) is 3.02. The molecule has 0 N–H and O–H groups in total. The Morgan fingerprint density at radius 1 is 1.69 bits per heavy atom. The van der Waals surface area contributed by atoms with E-state index in [4.69, 9.17) is 11.6 Å². The van der Waals surface area contributed by atoms with Crippen LogP contribution >= 0.6 is 23.4 Å². The van der Waals surface area contributed by atoms with E-state index in [2.05, 4.69) is 9.97 Å². The van der Waals surface area contributed by atoms with Crippen molar-refractivity contribution in [2.24, 2.45) is 0 Å². The summed E-state index contributed by atoms with van der Waals surface area (Å²) in [5.41, 5.74) is -0.131. The van der Waals surface area contributed by atoms with E-state index in [1.54, 1.807) is 23.7 Å². The molecule has 0 amide bonds. The summed E-state index contributed by atoms with van der Waals surface area (Å²) in [5.74, 6) is 1.11. The highest BCUT2D eigenvalue weighted by molar-refractivity contribution is 7.98. The zero-order valence-corrected chi connectivity index (χ0v) is 10.5. The molecule has 16 heavy (non-hydrogen) atoms. The SMILES string of the molecule is CSCCN(C)c1nc(Cl)ncc1[N+](=O)[O-]. The van der Waals surface area contributed by atoms with Crippen LogP contribution in [-0.2, 0) is 0 Å². The fraction of sp³-hybridized carbons (Fsp3) is 0.500. The monoisotopic (exact) mass is 262 g/mol. The predicted octanol–water partition coefficient (Wildman–Crippen LogP) is 1.84. The van der Waals surface area contributed by atoms with Crippen molar-refractivity contribution in [2.75, 3.05) is 30.5 Å². The summed E-state index contributed by atoms with van der Waals surface area (Å²) in [4.78, 5) is 19.4. The minimum Gasteiger partial charge on any atom is -0.353 e. The van der Waals surface area contributed by atoms with Gasteiger partial charge in [-0.1, -0.05) is 0 Å². The fourth-order valence-corrected chi connectivity index (χ4v) is 1.67. The van der Waals surface area contributed by atoms with Gasteiger partial charge >= 0.3 is 5.69 Å². The van der Waals surface area contributed by atoms with Crippen LogP contribution in [0.3, 0.4) is 0 Å². The average molecular weight is 263 g/mol. The molecule has 1 rings (SSSR count). The molecule has 88 valence electrons. The maximum atomic E-state index is 10.8. The Labute approximate surface area is 102 Å². The number of hydrogen-bond donors (Lipinski definition) is 0. The fourth-order valence-electron chi connectivity index (χ4n) is 1.09. The van der Waals surface area contributed by atoms with Gasteiger partial charge in [0.15, 0.2) is 0 Å². The van der Waals surface area contributed by atoms with E-state index in [-0.39, 0.29) is 16.8 Å². The van der Waals surface area contributed by atoms with Crippen LogP contribution in [-0.4, -0.2) is 40.5 Å². The maximum absolute atomic E-state index is 10.8. The van der Waals surface area contributed by atoms with Crippen molar-refractivity contribution in [3.63, 3.8) is 0 Å².